The van der Waals surface area contributed by atoms with Crippen molar-refractivity contribution in [2.24, 2.45) is 17.6 Å². The molecule has 8 aromatic rings. The van der Waals surface area contributed by atoms with Crippen LogP contribution in [0.5, 0.6) is 0 Å². The molecule has 0 spiro atoms. The number of halogens is 5. The zero-order valence-electron chi connectivity index (χ0n) is 68.5. The minimum absolute atomic E-state index is 0.00525. The van der Waals surface area contributed by atoms with E-state index in [1.165, 1.54) is 22.8 Å². The summed E-state index contributed by atoms with van der Waals surface area (Å²) in [5, 5.41) is 4.22. The molecule has 4 N–H and O–H groups in total. The minimum Gasteiger partial charge on any atom is -0.369 e. The molecule has 0 radical (unpaired) electrons. The van der Waals surface area contributed by atoms with Gasteiger partial charge in [-0.1, -0.05) is 268 Å². The zero-order valence-corrected chi connectivity index (χ0v) is 80.5. The van der Waals surface area contributed by atoms with E-state index in [0.717, 1.165) is 83.2 Å². The van der Waals surface area contributed by atoms with Crippen LogP contribution in [0.4, 0.5) is 5.69 Å². The van der Waals surface area contributed by atoms with Crippen LogP contribution in [-0.4, -0.2) is 175 Å². The predicted octanol–water partition coefficient (Wildman–Crippen LogP) is 16.5. The topological polar surface area (TPSA) is 278 Å². The van der Waals surface area contributed by atoms with E-state index in [2.05, 4.69) is 92.5 Å². The number of anilines is 1. The van der Waals surface area contributed by atoms with Gasteiger partial charge in [0, 0.05) is 153 Å². The molecule has 4 atom stereocenters. The molecular weight excluding hydrogens is 1880 g/mol. The molecule has 0 bridgehead atoms. The summed E-state index contributed by atoms with van der Waals surface area (Å²) >= 11 is 13.4. The fourth-order valence-electron chi connectivity index (χ4n) is 11.4. The second-order valence-corrected chi connectivity index (χ2v) is 44.9. The molecule has 2 fully saturated rings. The van der Waals surface area contributed by atoms with E-state index in [0.29, 0.717) is 57.9 Å². The van der Waals surface area contributed by atoms with Crippen molar-refractivity contribution >= 4 is 140 Å². The summed E-state index contributed by atoms with van der Waals surface area (Å²) in [6.07, 6.45) is 0.787. The molecule has 10 rings (SSSR count). The molecule has 8 aromatic carbocycles. The van der Waals surface area contributed by atoms with Gasteiger partial charge in [0.05, 0.1) is 23.0 Å². The Labute approximate surface area is 732 Å². The minimum atomic E-state index is -3.52. The molecule has 2 saturated heterocycles. The van der Waals surface area contributed by atoms with Crippen molar-refractivity contribution in [3.63, 3.8) is 0 Å². The van der Waals surface area contributed by atoms with Gasteiger partial charge >= 0.3 is 0 Å². The van der Waals surface area contributed by atoms with E-state index in [9.17, 15) is 50.5 Å². The van der Waals surface area contributed by atoms with Crippen LogP contribution in [0.15, 0.2) is 232 Å². The molecule has 2 aliphatic rings. The Hall–Kier alpha value is -4.89. The van der Waals surface area contributed by atoms with Gasteiger partial charge in [0.25, 0.3) is 20.4 Å². The van der Waals surface area contributed by atoms with Gasteiger partial charge in [-0.3, -0.25) is 0 Å². The van der Waals surface area contributed by atoms with Crippen LogP contribution in [0.25, 0.3) is 0 Å². The van der Waals surface area contributed by atoms with E-state index >= 15 is 0 Å². The number of nitrogens with one attached hydrogen (secondary N) is 2. The average Bonchev–Trinajstić information content (AvgIpc) is 0.816. The maximum absolute atomic E-state index is 13.4. The fourth-order valence-corrected chi connectivity index (χ4v) is 20.5. The van der Waals surface area contributed by atoms with Crippen molar-refractivity contribution in [3.8, 4) is 0 Å². The highest BCUT2D eigenvalue weighted by atomic mass is 79.9. The molecule has 0 aromatic heterocycles. The lowest BCUT2D eigenvalue weighted by atomic mass is 10.1. The molecule has 642 valence electrons. The lowest BCUT2D eigenvalue weighted by Crippen LogP contribution is -2.51. The van der Waals surface area contributed by atoms with Crippen LogP contribution in [-0.2, 0) is 82.6 Å². The molecule has 0 unspecified atom stereocenters. The van der Waals surface area contributed by atoms with Crippen molar-refractivity contribution < 1.29 is 50.5 Å². The number of nitrogens with two attached hydrogens (primary N) is 1. The lowest BCUT2D eigenvalue weighted by molar-refractivity contribution is 0.308. The summed E-state index contributed by atoms with van der Waals surface area (Å²) in [5.41, 5.74) is 13.8. The van der Waals surface area contributed by atoms with Gasteiger partial charge < -0.3 is 16.0 Å². The van der Waals surface area contributed by atoms with E-state index in [1.54, 1.807) is 61.1 Å². The third-order valence-corrected chi connectivity index (χ3v) is 30.7. The number of sulfonamides is 3. The van der Waals surface area contributed by atoms with Crippen LogP contribution in [0.3, 0.4) is 0 Å². The van der Waals surface area contributed by atoms with E-state index in [-0.39, 0.29) is 53.1 Å². The lowest BCUT2D eigenvalue weighted by Gasteiger charge is -2.36. The number of rotatable bonds is 28. The van der Waals surface area contributed by atoms with E-state index in [1.807, 2.05) is 243 Å². The number of nitrogens with zero attached hydrogens (tertiary/aromatic N) is 7. The molecule has 116 heavy (non-hydrogen) atoms. The summed E-state index contributed by atoms with van der Waals surface area (Å²) in [6, 6.07) is 67.4. The van der Waals surface area contributed by atoms with E-state index < -0.39 is 59.5 Å². The molecule has 2 heterocycles. The number of hydrogen-bond donors (Lipinski definition) is 3. The Morgan fingerprint density at radius 1 is 0.431 bits per heavy atom. The highest BCUT2D eigenvalue weighted by Crippen LogP contribution is 2.31. The molecule has 0 aliphatic carbocycles. The standard InChI is InChI=1S/C25H38N4O4S2.C18H22BrNO2S.C15H16BrNO2S.C8H10BrN.C7H7ClO2S.C6H15N3O2S.C4H9Br/c1-21(2)19-29(34(30,31)20-23-9-7-6-8-10-23)22(3)24-11-13-25(14-12-24)27-15-17-28(18-16-27)35(32,33)26(4)5;1-3-13-20(15(2)17-9-11-18(19)12-10-17)23(21,22)14-16-7-5-4-6-8-16;1-12(14-7-9-15(16)10-8-14)17-20(18,19)11-13-5-3-2-4-6-13;1-6(10)7-2-4-8(9)5-3-7;8-11(9,10)6-7-4-2-1-3-5-7;1-8(2)12(10,11)9-5-3-7-4-6-9;1-4(2)3-5/h6-14,21-22H,15-20H2,1-5H3;4-12,15H,3,13-14H2,1-2H3;2-10,12,17H,11H2,1H3;2-6H,10H2,1H3;1-5H,6H2;7H,3-6H2,1-2H3;4H,3H2,1-2H3/t22-;15-;12-;6-;;;/m0000.../s1. The second-order valence-electron chi connectivity index (χ2n) is 28.9. The second kappa shape index (κ2) is 51.1. The Bertz CT molecular complexity index is 4850. The zero-order chi connectivity index (χ0) is 86.6. The van der Waals surface area contributed by atoms with Gasteiger partial charge in [0.1, 0.15) is 0 Å². The fraction of sp³-hybridized carbons (Fsp3) is 0.422. The molecule has 0 amide bonds. The van der Waals surface area contributed by atoms with Crippen LogP contribution in [0.2, 0.25) is 0 Å². The summed E-state index contributed by atoms with van der Waals surface area (Å²) in [7, 11) is -8.99. The summed E-state index contributed by atoms with van der Waals surface area (Å²) in [6.45, 7) is 23.8. The summed E-state index contributed by atoms with van der Waals surface area (Å²) in [5.74, 6) is 0.897. The number of alkyl halides is 1. The maximum Gasteiger partial charge on any atom is 0.281 e. The molecule has 2 aliphatic heterocycles. The average molecular weight is 1990 g/mol. The van der Waals surface area contributed by atoms with Gasteiger partial charge in [0.2, 0.25) is 39.1 Å². The molecule has 33 heteroatoms. The Kier molecular flexibility index (Phi) is 45.6. The van der Waals surface area contributed by atoms with Crippen molar-refractivity contribution in [2.75, 3.05) is 104 Å². The summed E-state index contributed by atoms with van der Waals surface area (Å²) < 4.78 is 160. The third kappa shape index (κ3) is 38.0. The quantitative estimate of drug-likeness (QED) is 0.0304. The first kappa shape index (κ1) is 103. The molecule has 0 saturated carbocycles. The van der Waals surface area contributed by atoms with Crippen molar-refractivity contribution in [1.82, 2.24) is 35.9 Å². The van der Waals surface area contributed by atoms with Gasteiger partial charge in [-0.15, -0.1) is 0 Å². The van der Waals surface area contributed by atoms with Crippen LogP contribution >= 0.6 is 74.4 Å². The highest BCUT2D eigenvalue weighted by molar-refractivity contribution is 9.11. The number of benzene rings is 8. The predicted molar refractivity (Wildman–Crippen MR) is 493 cm³/mol. The van der Waals surface area contributed by atoms with Gasteiger partial charge in [-0.05, 0) is 139 Å². The van der Waals surface area contributed by atoms with Gasteiger partial charge in [0.15, 0.2) is 0 Å². The third-order valence-electron chi connectivity index (χ3n) is 17.7. The first-order chi connectivity index (χ1) is 54.4. The van der Waals surface area contributed by atoms with Gasteiger partial charge in [-0.2, -0.15) is 42.7 Å². The molecule has 22 nitrogen and oxygen atoms in total. The van der Waals surface area contributed by atoms with Crippen molar-refractivity contribution in [3.05, 3.63) is 276 Å². The first-order valence-corrected chi connectivity index (χ1v) is 51.6. The van der Waals surface area contributed by atoms with E-state index in [4.69, 9.17) is 16.4 Å². The monoisotopic (exact) mass is 1990 g/mol. The number of hydrogen-bond acceptors (Lipinski definition) is 15. The Morgan fingerprint density at radius 2 is 0.759 bits per heavy atom. The normalized spacial score (nSPS) is 14.8. The highest BCUT2D eigenvalue weighted by Gasteiger charge is 2.33. The van der Waals surface area contributed by atoms with Crippen LogP contribution in [0, 0.1) is 11.8 Å². The maximum atomic E-state index is 13.4. The number of piperazine rings is 2. The largest absolute Gasteiger partial charge is 0.369 e. The Balaban J connectivity index is 0.000000306. The smallest absolute Gasteiger partial charge is 0.281 e. The SMILES string of the molecule is CC(C)CBr.CC(C)CN([C@@H](C)c1ccc(N2CCN(S(=O)(=O)N(C)C)CC2)cc1)S(=O)(=O)Cc1ccccc1.CCCN([C@@H](C)c1ccc(Br)cc1)S(=O)(=O)Cc1ccccc1.CN(C)S(=O)(=O)N1CCNCC1.C[C@H](N)c1ccc(Br)cc1.C[C@H](NS(=O)(=O)Cc1ccccc1)c1ccc(Br)cc1.O=S(=O)(Cl)Cc1ccccc1. The molecular formula is C83H117Br4ClN10O12S6. The Morgan fingerprint density at radius 3 is 1.10 bits per heavy atom. The van der Waals surface area contributed by atoms with Gasteiger partial charge in [-0.25, -0.2) is 38.4 Å². The summed E-state index contributed by atoms with van der Waals surface area (Å²) in [4.78, 5) is 2.16. The van der Waals surface area contributed by atoms with Crippen LogP contribution < -0.4 is 20.7 Å². The van der Waals surface area contributed by atoms with Crippen molar-refractivity contribution in [2.45, 2.75) is 116 Å². The van der Waals surface area contributed by atoms with Crippen molar-refractivity contribution in [1.29, 1.82) is 0 Å². The first-order valence-electron chi connectivity index (χ1n) is 38.0. The van der Waals surface area contributed by atoms with Crippen LogP contribution in [0.1, 0.15) is 137 Å².